The Bertz CT molecular complexity index is 822. The minimum absolute atomic E-state index is 0.173. The van der Waals surface area contributed by atoms with Gasteiger partial charge in [0.1, 0.15) is 0 Å². The number of nitrogens with one attached hydrogen (secondary N) is 1. The van der Waals surface area contributed by atoms with Crippen molar-refractivity contribution >= 4 is 11.6 Å². The predicted molar refractivity (Wildman–Crippen MR) is 88.2 cm³/mol. The van der Waals surface area contributed by atoms with E-state index in [2.05, 4.69) is 15.5 Å². The van der Waals surface area contributed by atoms with Gasteiger partial charge in [0.05, 0.1) is 11.3 Å². The molecule has 1 N–H and O–H groups in total. The van der Waals surface area contributed by atoms with Crippen molar-refractivity contribution in [3.8, 4) is 11.5 Å². The Morgan fingerprint density at radius 3 is 2.57 bits per heavy atom. The molecule has 0 unspecified atom stereocenters. The molecule has 0 aliphatic carbocycles. The third-order valence-electron chi connectivity index (χ3n) is 3.50. The summed E-state index contributed by atoms with van der Waals surface area (Å²) < 4.78 is 5.27. The summed E-state index contributed by atoms with van der Waals surface area (Å²) in [6.07, 6.45) is 0.696. The van der Waals surface area contributed by atoms with Gasteiger partial charge >= 0.3 is 0 Å². The predicted octanol–water partition coefficient (Wildman–Crippen LogP) is 3.86. The fraction of sp³-hybridized carbons (Fsp3) is 0.167. The van der Waals surface area contributed by atoms with Gasteiger partial charge in [-0.25, -0.2) is 0 Å². The zero-order valence-electron chi connectivity index (χ0n) is 13.0. The van der Waals surface area contributed by atoms with Crippen LogP contribution in [0, 0.1) is 6.92 Å². The van der Waals surface area contributed by atoms with Crippen LogP contribution in [-0.4, -0.2) is 16.0 Å². The van der Waals surface area contributed by atoms with Crippen LogP contribution in [0.5, 0.6) is 0 Å². The van der Waals surface area contributed by atoms with Gasteiger partial charge < -0.3 is 9.84 Å². The van der Waals surface area contributed by atoms with E-state index in [1.165, 1.54) is 0 Å². The summed E-state index contributed by atoms with van der Waals surface area (Å²) in [6, 6.07) is 14.8. The number of benzene rings is 2. The summed E-state index contributed by atoms with van der Waals surface area (Å²) >= 11 is 0. The number of carbonyl (C=O) groups excluding carboxylic acids is 1. The van der Waals surface area contributed by atoms with Crippen molar-refractivity contribution in [2.45, 2.75) is 20.3 Å². The maximum Gasteiger partial charge on any atom is 0.260 e. The molecule has 116 valence electrons. The number of rotatable bonds is 4. The maximum atomic E-state index is 12.4. The monoisotopic (exact) mass is 307 g/mol. The Morgan fingerprint density at radius 2 is 1.87 bits per heavy atom. The summed E-state index contributed by atoms with van der Waals surface area (Å²) in [5.41, 5.74) is 3.06. The van der Waals surface area contributed by atoms with Crippen LogP contribution in [0.1, 0.15) is 28.7 Å². The van der Waals surface area contributed by atoms with Gasteiger partial charge in [-0.2, -0.15) is 4.98 Å². The zero-order chi connectivity index (χ0) is 16.2. The number of amides is 1. The summed E-state index contributed by atoms with van der Waals surface area (Å²) in [5, 5.41) is 6.81. The molecule has 2 aromatic carbocycles. The molecule has 1 aromatic heterocycles. The number of anilines is 1. The van der Waals surface area contributed by atoms with Crippen LogP contribution >= 0.6 is 0 Å². The van der Waals surface area contributed by atoms with E-state index in [0.717, 1.165) is 5.56 Å². The quantitative estimate of drug-likeness (QED) is 0.794. The van der Waals surface area contributed by atoms with Crippen molar-refractivity contribution < 1.29 is 9.32 Å². The minimum atomic E-state index is -0.173. The minimum Gasteiger partial charge on any atom is -0.334 e. The van der Waals surface area contributed by atoms with Crippen LogP contribution in [0.15, 0.2) is 53.1 Å². The second kappa shape index (κ2) is 6.44. The number of hydrogen-bond donors (Lipinski definition) is 1. The van der Waals surface area contributed by atoms with Gasteiger partial charge in [-0.3, -0.25) is 4.79 Å². The van der Waals surface area contributed by atoms with Gasteiger partial charge in [0.15, 0.2) is 5.82 Å². The molecular weight excluding hydrogens is 290 g/mol. The van der Waals surface area contributed by atoms with Crippen LogP contribution in [0.4, 0.5) is 5.69 Å². The summed E-state index contributed by atoms with van der Waals surface area (Å²) in [6.45, 7) is 3.94. The van der Waals surface area contributed by atoms with Gasteiger partial charge in [-0.15, -0.1) is 0 Å². The van der Waals surface area contributed by atoms with Crippen molar-refractivity contribution in [3.63, 3.8) is 0 Å². The average Bonchev–Trinajstić information content (AvgIpc) is 3.05. The average molecular weight is 307 g/mol. The van der Waals surface area contributed by atoms with Crippen LogP contribution < -0.4 is 5.32 Å². The van der Waals surface area contributed by atoms with Gasteiger partial charge in [0, 0.05) is 12.0 Å². The molecule has 0 aliphatic heterocycles. The highest BCUT2D eigenvalue weighted by atomic mass is 16.5. The molecule has 0 aliphatic rings. The van der Waals surface area contributed by atoms with Gasteiger partial charge in [0.2, 0.25) is 0 Å². The second-order valence-electron chi connectivity index (χ2n) is 5.24. The summed E-state index contributed by atoms with van der Waals surface area (Å²) in [5.74, 6) is 0.869. The standard InChI is InChI=1S/C18H17N3O2/c1-3-16-20-18(23-21-16)14-6-4-5-7-15(14)19-17(22)13-10-8-12(2)9-11-13/h4-11H,3H2,1-2H3,(H,19,22). The molecule has 0 saturated heterocycles. The lowest BCUT2D eigenvalue weighted by molar-refractivity contribution is 0.102. The van der Waals surface area contributed by atoms with Crippen LogP contribution in [-0.2, 0) is 6.42 Å². The smallest absolute Gasteiger partial charge is 0.260 e. The van der Waals surface area contributed by atoms with Gasteiger partial charge in [-0.1, -0.05) is 41.9 Å². The molecule has 0 atom stereocenters. The van der Waals surface area contributed by atoms with Crippen molar-refractivity contribution in [2.24, 2.45) is 0 Å². The van der Waals surface area contributed by atoms with Crippen molar-refractivity contribution in [1.82, 2.24) is 10.1 Å². The van der Waals surface area contributed by atoms with E-state index in [1.54, 1.807) is 12.1 Å². The summed E-state index contributed by atoms with van der Waals surface area (Å²) in [7, 11) is 0. The molecule has 0 bridgehead atoms. The van der Waals surface area contributed by atoms with E-state index in [4.69, 9.17) is 4.52 Å². The van der Waals surface area contributed by atoms with E-state index in [1.807, 2.05) is 50.2 Å². The Hall–Kier alpha value is -2.95. The van der Waals surface area contributed by atoms with Crippen LogP contribution in [0.25, 0.3) is 11.5 Å². The molecule has 3 rings (SSSR count). The normalized spacial score (nSPS) is 10.5. The molecule has 5 heteroatoms. The highest BCUT2D eigenvalue weighted by molar-refractivity contribution is 6.05. The fourth-order valence-electron chi connectivity index (χ4n) is 2.18. The first kappa shape index (κ1) is 15.0. The Balaban J connectivity index is 1.88. The van der Waals surface area contributed by atoms with Gasteiger partial charge in [0.25, 0.3) is 11.8 Å². The highest BCUT2D eigenvalue weighted by Crippen LogP contribution is 2.26. The van der Waals surface area contributed by atoms with Crippen molar-refractivity contribution in [1.29, 1.82) is 0 Å². The number of para-hydroxylation sites is 1. The molecule has 1 heterocycles. The highest BCUT2D eigenvalue weighted by Gasteiger charge is 2.14. The van der Waals surface area contributed by atoms with E-state index in [9.17, 15) is 4.79 Å². The van der Waals surface area contributed by atoms with Crippen LogP contribution in [0.3, 0.4) is 0 Å². The SMILES string of the molecule is CCc1noc(-c2ccccc2NC(=O)c2ccc(C)cc2)n1. The molecule has 0 spiro atoms. The first-order chi connectivity index (χ1) is 11.2. The number of hydrogen-bond acceptors (Lipinski definition) is 4. The van der Waals surface area contributed by atoms with E-state index < -0.39 is 0 Å². The molecule has 0 saturated carbocycles. The molecule has 1 amide bonds. The molecular formula is C18H17N3O2. The van der Waals surface area contributed by atoms with Crippen molar-refractivity contribution in [2.75, 3.05) is 5.32 Å². The van der Waals surface area contributed by atoms with E-state index in [0.29, 0.717) is 35.0 Å². The molecule has 0 radical (unpaired) electrons. The van der Waals surface area contributed by atoms with Gasteiger partial charge in [-0.05, 0) is 31.2 Å². The first-order valence-corrected chi connectivity index (χ1v) is 7.47. The third kappa shape index (κ3) is 3.29. The third-order valence-corrected chi connectivity index (χ3v) is 3.50. The Kier molecular flexibility index (Phi) is 4.19. The number of aryl methyl sites for hydroxylation is 2. The molecule has 0 fully saturated rings. The number of aromatic nitrogens is 2. The van der Waals surface area contributed by atoms with E-state index >= 15 is 0 Å². The lowest BCUT2D eigenvalue weighted by Crippen LogP contribution is -2.12. The molecule has 23 heavy (non-hydrogen) atoms. The van der Waals surface area contributed by atoms with Crippen LogP contribution in [0.2, 0.25) is 0 Å². The summed E-state index contributed by atoms with van der Waals surface area (Å²) in [4.78, 5) is 16.7. The Morgan fingerprint density at radius 1 is 1.13 bits per heavy atom. The first-order valence-electron chi connectivity index (χ1n) is 7.47. The Labute approximate surface area is 134 Å². The maximum absolute atomic E-state index is 12.4. The largest absolute Gasteiger partial charge is 0.334 e. The lowest BCUT2D eigenvalue weighted by atomic mass is 10.1. The second-order valence-corrected chi connectivity index (χ2v) is 5.24. The van der Waals surface area contributed by atoms with Crippen molar-refractivity contribution in [3.05, 3.63) is 65.5 Å². The fourth-order valence-corrected chi connectivity index (χ4v) is 2.18. The number of nitrogens with zero attached hydrogens (tertiary/aromatic N) is 2. The molecule has 3 aromatic rings. The van der Waals surface area contributed by atoms with E-state index in [-0.39, 0.29) is 5.91 Å². The number of carbonyl (C=O) groups is 1. The molecule has 5 nitrogen and oxygen atoms in total. The zero-order valence-corrected chi connectivity index (χ0v) is 13.0. The lowest BCUT2D eigenvalue weighted by Gasteiger charge is -2.08. The topological polar surface area (TPSA) is 68.0 Å².